The minimum Gasteiger partial charge on any atom is -0.322 e. The molecule has 186 valence electrons. The number of nitrogens with one attached hydrogen (secondary N) is 1. The van der Waals surface area contributed by atoms with Crippen molar-refractivity contribution < 1.29 is 9.59 Å². The van der Waals surface area contributed by atoms with Crippen molar-refractivity contribution in [2.45, 2.75) is 11.9 Å². The summed E-state index contributed by atoms with van der Waals surface area (Å²) in [5.74, 6) is 0.298. The Morgan fingerprint density at radius 3 is 2.18 bits per heavy atom. The van der Waals surface area contributed by atoms with Gasteiger partial charge in [0.1, 0.15) is 5.37 Å². The number of hydrazone groups is 1. The second-order valence-electron chi connectivity index (χ2n) is 9.22. The summed E-state index contributed by atoms with van der Waals surface area (Å²) in [5, 5.41) is 8.64. The van der Waals surface area contributed by atoms with Crippen LogP contribution in [0.25, 0.3) is 21.5 Å². The van der Waals surface area contributed by atoms with E-state index in [0.717, 1.165) is 38.2 Å². The van der Waals surface area contributed by atoms with E-state index >= 15 is 0 Å². The lowest BCUT2D eigenvalue weighted by atomic mass is 9.97. The Balaban J connectivity index is 1.18. The lowest BCUT2D eigenvalue weighted by Gasteiger charge is -2.24. The largest absolute Gasteiger partial charge is 0.322 e. The van der Waals surface area contributed by atoms with Crippen molar-refractivity contribution in [3.05, 3.63) is 131 Å². The van der Waals surface area contributed by atoms with Gasteiger partial charge in [0.2, 0.25) is 5.91 Å². The highest BCUT2D eigenvalue weighted by Gasteiger charge is 2.32. The summed E-state index contributed by atoms with van der Waals surface area (Å²) in [6, 6.07) is 35.9. The number of thioether (sulfide) groups is 1. The van der Waals surface area contributed by atoms with Crippen molar-refractivity contribution in [2.24, 2.45) is 5.10 Å². The topological polar surface area (TPSA) is 61.8 Å². The maximum atomic E-state index is 12.9. The molecule has 0 spiro atoms. The zero-order valence-corrected chi connectivity index (χ0v) is 21.4. The first kappa shape index (κ1) is 23.9. The van der Waals surface area contributed by atoms with Gasteiger partial charge < -0.3 is 4.90 Å². The number of carbonyl (C=O) groups excluding carboxylic acids is 2. The van der Waals surface area contributed by atoms with Crippen molar-refractivity contribution >= 4 is 51.3 Å². The number of benzene rings is 5. The van der Waals surface area contributed by atoms with Gasteiger partial charge in [0.05, 0.1) is 12.0 Å². The van der Waals surface area contributed by atoms with Crippen molar-refractivity contribution in [3.63, 3.8) is 0 Å². The van der Waals surface area contributed by atoms with Gasteiger partial charge in [0, 0.05) is 17.7 Å². The van der Waals surface area contributed by atoms with Crippen molar-refractivity contribution in [1.29, 1.82) is 0 Å². The maximum Gasteiger partial charge on any atom is 0.271 e. The number of amides is 2. The molecule has 38 heavy (non-hydrogen) atoms. The van der Waals surface area contributed by atoms with E-state index in [-0.39, 0.29) is 17.2 Å². The second kappa shape index (κ2) is 10.5. The first-order valence-corrected chi connectivity index (χ1v) is 13.5. The van der Waals surface area contributed by atoms with Gasteiger partial charge in [-0.05, 0) is 50.9 Å². The molecule has 2 amide bonds. The van der Waals surface area contributed by atoms with Crippen LogP contribution in [0.4, 0.5) is 0 Å². The van der Waals surface area contributed by atoms with Crippen LogP contribution in [0.3, 0.4) is 0 Å². The van der Waals surface area contributed by atoms with Crippen LogP contribution in [0, 0.1) is 0 Å². The minimum atomic E-state index is -0.284. The summed E-state index contributed by atoms with van der Waals surface area (Å²) < 4.78 is 0. The van der Waals surface area contributed by atoms with Crippen molar-refractivity contribution in [3.8, 4) is 0 Å². The Bertz CT molecular complexity index is 1610. The van der Waals surface area contributed by atoms with Gasteiger partial charge in [-0.3, -0.25) is 9.59 Å². The molecular weight excluding hydrogens is 490 g/mol. The molecule has 1 heterocycles. The van der Waals surface area contributed by atoms with Crippen LogP contribution >= 0.6 is 11.8 Å². The molecular formula is C32H25N3O2S. The average molecular weight is 516 g/mol. The van der Waals surface area contributed by atoms with Crippen molar-refractivity contribution in [2.75, 3.05) is 5.75 Å². The Kier molecular flexibility index (Phi) is 6.63. The fraction of sp³-hybridized carbons (Fsp3) is 0.0938. The van der Waals surface area contributed by atoms with Crippen LogP contribution in [0.5, 0.6) is 0 Å². The third-order valence-corrected chi connectivity index (χ3v) is 8.05. The second-order valence-corrected chi connectivity index (χ2v) is 10.3. The molecule has 0 radical (unpaired) electrons. The number of rotatable bonds is 6. The predicted octanol–water partition coefficient (Wildman–Crippen LogP) is 6.53. The molecule has 0 bridgehead atoms. The summed E-state index contributed by atoms with van der Waals surface area (Å²) in [4.78, 5) is 27.3. The number of fused-ring (bicyclic) bond motifs is 2. The third-order valence-electron chi connectivity index (χ3n) is 6.79. The number of nitrogens with zero attached hydrogens (tertiary/aromatic N) is 2. The lowest BCUT2D eigenvalue weighted by molar-refractivity contribution is -0.128. The van der Waals surface area contributed by atoms with Gasteiger partial charge in [-0.15, -0.1) is 11.8 Å². The zero-order valence-electron chi connectivity index (χ0n) is 20.6. The highest BCUT2D eigenvalue weighted by Crippen LogP contribution is 2.39. The molecule has 1 aliphatic rings. The zero-order chi connectivity index (χ0) is 25.9. The van der Waals surface area contributed by atoms with E-state index in [1.165, 1.54) is 0 Å². The van der Waals surface area contributed by atoms with E-state index in [2.05, 4.69) is 40.9 Å². The average Bonchev–Trinajstić information content (AvgIpc) is 3.32. The molecule has 0 aliphatic carbocycles. The molecule has 0 saturated carbocycles. The predicted molar refractivity (Wildman–Crippen MR) is 155 cm³/mol. The van der Waals surface area contributed by atoms with E-state index in [0.29, 0.717) is 17.9 Å². The van der Waals surface area contributed by atoms with Crippen LogP contribution in [0.15, 0.2) is 114 Å². The third kappa shape index (κ3) is 4.78. The summed E-state index contributed by atoms with van der Waals surface area (Å²) in [5.41, 5.74) is 6.25. The SMILES string of the molecule is O=C(N/N=C\c1c2ccccc2cc2ccccc12)c1ccc([C@@H]2SCC(=O)N2Cc2ccccc2)cc1. The monoisotopic (exact) mass is 515 g/mol. The molecule has 1 N–H and O–H groups in total. The van der Waals surface area contributed by atoms with Crippen molar-refractivity contribution in [1.82, 2.24) is 10.3 Å². The number of hydrogen-bond acceptors (Lipinski definition) is 4. The fourth-order valence-corrected chi connectivity index (χ4v) is 6.08. The van der Waals surface area contributed by atoms with Gasteiger partial charge in [-0.2, -0.15) is 5.10 Å². The van der Waals surface area contributed by atoms with Gasteiger partial charge in [-0.25, -0.2) is 5.43 Å². The Morgan fingerprint density at radius 2 is 1.50 bits per heavy atom. The Hall–Kier alpha value is -4.42. The standard InChI is InChI=1S/C32H25N3O2S/c36-30-21-38-32(35(30)20-22-8-2-1-3-9-22)24-16-14-23(15-17-24)31(37)34-33-19-29-27-12-6-4-10-25(27)18-26-11-5-7-13-28(26)29/h1-19,32H,20-21H2,(H,34,37)/b33-19-/t32-/m0/s1. The van der Waals surface area contributed by atoms with Crippen LogP contribution < -0.4 is 5.43 Å². The summed E-state index contributed by atoms with van der Waals surface area (Å²) in [7, 11) is 0. The van der Waals surface area contributed by atoms with Crippen LogP contribution in [0.2, 0.25) is 0 Å². The van der Waals surface area contributed by atoms with Crippen LogP contribution in [-0.2, 0) is 11.3 Å². The number of carbonyl (C=O) groups is 2. The molecule has 5 nitrogen and oxygen atoms in total. The fourth-order valence-electron chi connectivity index (χ4n) is 4.89. The van der Waals surface area contributed by atoms with Gasteiger partial charge in [-0.1, -0.05) is 91.0 Å². The van der Waals surface area contributed by atoms with Crippen LogP contribution in [0.1, 0.15) is 32.4 Å². The molecule has 5 aromatic carbocycles. The summed E-state index contributed by atoms with van der Waals surface area (Å²) in [6.45, 7) is 0.567. The maximum absolute atomic E-state index is 12.9. The number of hydrogen-bond donors (Lipinski definition) is 1. The van der Waals surface area contributed by atoms with E-state index in [4.69, 9.17) is 0 Å². The Morgan fingerprint density at radius 1 is 0.868 bits per heavy atom. The first-order valence-electron chi connectivity index (χ1n) is 12.5. The van der Waals surface area contributed by atoms with Gasteiger partial charge in [0.15, 0.2) is 0 Å². The molecule has 5 aromatic rings. The normalized spacial score (nSPS) is 15.5. The molecule has 6 rings (SSSR count). The van der Waals surface area contributed by atoms with E-state index in [9.17, 15) is 9.59 Å². The molecule has 1 aliphatic heterocycles. The molecule has 6 heteroatoms. The van der Waals surface area contributed by atoms with Gasteiger partial charge >= 0.3 is 0 Å². The Labute approximate surface area is 225 Å². The molecule has 0 unspecified atom stereocenters. The van der Waals surface area contributed by atoms with Gasteiger partial charge in [0.25, 0.3) is 5.91 Å². The molecule has 0 aromatic heterocycles. The quantitative estimate of drug-likeness (QED) is 0.159. The van der Waals surface area contributed by atoms with E-state index < -0.39 is 0 Å². The molecule has 1 saturated heterocycles. The highest BCUT2D eigenvalue weighted by atomic mass is 32.2. The van der Waals surface area contributed by atoms with E-state index in [1.54, 1.807) is 30.1 Å². The lowest BCUT2D eigenvalue weighted by Crippen LogP contribution is -2.27. The van der Waals surface area contributed by atoms with E-state index in [1.807, 2.05) is 71.6 Å². The molecule has 1 atom stereocenters. The smallest absolute Gasteiger partial charge is 0.271 e. The summed E-state index contributed by atoms with van der Waals surface area (Å²) in [6.07, 6.45) is 1.72. The highest BCUT2D eigenvalue weighted by molar-refractivity contribution is 8.00. The first-order chi connectivity index (χ1) is 18.7. The van der Waals surface area contributed by atoms with Crippen LogP contribution in [-0.4, -0.2) is 28.7 Å². The minimum absolute atomic E-state index is 0.0718. The molecule has 1 fully saturated rings. The summed E-state index contributed by atoms with van der Waals surface area (Å²) >= 11 is 1.61.